The number of nitrogens with zero attached hydrogens (tertiary/aromatic N) is 1. The van der Waals surface area contributed by atoms with Crippen LogP contribution >= 0.6 is 47.2 Å². The number of rotatable bonds is 9. The SMILES string of the molecule is CCOCCCCNC(=NC)NCCc1cc(Cl)cc(Cl)c1.I. The molecule has 0 aromatic heterocycles. The molecule has 7 heteroatoms. The van der Waals surface area contributed by atoms with Gasteiger partial charge in [-0.2, -0.15) is 0 Å². The average Bonchev–Trinajstić information content (AvgIpc) is 2.48. The number of ether oxygens (including phenoxy) is 1. The van der Waals surface area contributed by atoms with Crippen molar-refractivity contribution in [1.82, 2.24) is 10.6 Å². The highest BCUT2D eigenvalue weighted by atomic mass is 127. The lowest BCUT2D eigenvalue weighted by atomic mass is 10.1. The molecule has 0 bridgehead atoms. The van der Waals surface area contributed by atoms with Gasteiger partial charge in [0.15, 0.2) is 5.96 Å². The van der Waals surface area contributed by atoms with Crippen LogP contribution in [0.4, 0.5) is 0 Å². The van der Waals surface area contributed by atoms with E-state index in [2.05, 4.69) is 15.6 Å². The summed E-state index contributed by atoms with van der Waals surface area (Å²) in [6.07, 6.45) is 2.95. The first-order valence-electron chi connectivity index (χ1n) is 7.63. The van der Waals surface area contributed by atoms with Crippen molar-refractivity contribution in [2.24, 2.45) is 4.99 Å². The molecular weight excluding hydrogens is 448 g/mol. The molecule has 1 rings (SSSR count). The maximum absolute atomic E-state index is 5.99. The van der Waals surface area contributed by atoms with Crippen molar-refractivity contribution < 1.29 is 4.74 Å². The molecule has 0 aliphatic carbocycles. The van der Waals surface area contributed by atoms with Gasteiger partial charge in [-0.05, 0) is 49.9 Å². The molecule has 0 saturated carbocycles. The zero-order valence-electron chi connectivity index (χ0n) is 13.7. The van der Waals surface area contributed by atoms with Crippen LogP contribution in [0.1, 0.15) is 25.3 Å². The second kappa shape index (κ2) is 14.1. The van der Waals surface area contributed by atoms with Crippen molar-refractivity contribution in [2.45, 2.75) is 26.2 Å². The highest BCUT2D eigenvalue weighted by molar-refractivity contribution is 14.0. The molecule has 23 heavy (non-hydrogen) atoms. The molecule has 2 N–H and O–H groups in total. The first-order chi connectivity index (χ1) is 10.7. The highest BCUT2D eigenvalue weighted by Gasteiger charge is 2.00. The number of nitrogens with one attached hydrogen (secondary N) is 2. The summed E-state index contributed by atoms with van der Waals surface area (Å²) in [6, 6.07) is 5.60. The Morgan fingerprint density at radius 1 is 1.09 bits per heavy atom. The van der Waals surface area contributed by atoms with E-state index in [0.29, 0.717) is 10.0 Å². The van der Waals surface area contributed by atoms with Crippen LogP contribution < -0.4 is 10.6 Å². The number of hydrogen-bond acceptors (Lipinski definition) is 2. The predicted octanol–water partition coefficient (Wildman–Crippen LogP) is 4.14. The molecule has 0 radical (unpaired) electrons. The summed E-state index contributed by atoms with van der Waals surface area (Å²) in [5, 5.41) is 7.90. The molecule has 0 spiro atoms. The molecule has 0 aliphatic heterocycles. The molecule has 0 amide bonds. The van der Waals surface area contributed by atoms with Gasteiger partial charge in [0.05, 0.1) is 0 Å². The quantitative estimate of drug-likeness (QED) is 0.245. The molecule has 132 valence electrons. The Kier molecular flexibility index (Phi) is 14.0. The van der Waals surface area contributed by atoms with Gasteiger partial charge in [-0.1, -0.05) is 23.2 Å². The van der Waals surface area contributed by atoms with Gasteiger partial charge in [0.25, 0.3) is 0 Å². The van der Waals surface area contributed by atoms with Crippen LogP contribution in [0.3, 0.4) is 0 Å². The van der Waals surface area contributed by atoms with Crippen molar-refractivity contribution in [1.29, 1.82) is 0 Å². The Balaban J connectivity index is 0.00000484. The molecule has 0 unspecified atom stereocenters. The number of guanidine groups is 1. The lowest BCUT2D eigenvalue weighted by molar-refractivity contribution is 0.143. The van der Waals surface area contributed by atoms with Gasteiger partial charge >= 0.3 is 0 Å². The van der Waals surface area contributed by atoms with Crippen LogP contribution in [0.5, 0.6) is 0 Å². The molecule has 4 nitrogen and oxygen atoms in total. The van der Waals surface area contributed by atoms with E-state index in [1.807, 2.05) is 19.1 Å². The Bertz CT molecular complexity index is 452. The van der Waals surface area contributed by atoms with Crippen LogP contribution in [-0.2, 0) is 11.2 Å². The van der Waals surface area contributed by atoms with Gasteiger partial charge < -0.3 is 15.4 Å². The summed E-state index contributed by atoms with van der Waals surface area (Å²) < 4.78 is 5.30. The minimum absolute atomic E-state index is 0. The zero-order chi connectivity index (χ0) is 16.2. The molecule has 1 aromatic carbocycles. The van der Waals surface area contributed by atoms with Crippen molar-refractivity contribution in [3.63, 3.8) is 0 Å². The number of hydrogen-bond donors (Lipinski definition) is 2. The maximum atomic E-state index is 5.99. The standard InChI is InChI=1S/C16H25Cl2N3O.HI/c1-3-22-9-5-4-7-20-16(19-2)21-8-6-13-10-14(17)12-15(18)11-13;/h10-12H,3-9H2,1-2H3,(H2,19,20,21);1H. The van der Waals surface area contributed by atoms with Crippen molar-refractivity contribution in [3.8, 4) is 0 Å². The number of benzene rings is 1. The third kappa shape index (κ3) is 11.0. The van der Waals surface area contributed by atoms with E-state index >= 15 is 0 Å². The predicted molar refractivity (Wildman–Crippen MR) is 111 cm³/mol. The Hall–Kier alpha value is -0.240. The highest BCUT2D eigenvalue weighted by Crippen LogP contribution is 2.19. The zero-order valence-corrected chi connectivity index (χ0v) is 17.5. The first kappa shape index (κ1) is 22.8. The summed E-state index contributed by atoms with van der Waals surface area (Å²) in [6.45, 7) is 5.27. The maximum Gasteiger partial charge on any atom is 0.190 e. The number of aliphatic imine (C=N–C) groups is 1. The molecule has 0 fully saturated rings. The van der Waals surface area contributed by atoms with E-state index in [1.54, 1.807) is 13.1 Å². The Morgan fingerprint density at radius 3 is 2.35 bits per heavy atom. The molecule has 0 aliphatic rings. The van der Waals surface area contributed by atoms with Crippen molar-refractivity contribution in [3.05, 3.63) is 33.8 Å². The van der Waals surface area contributed by atoms with Gasteiger partial charge in [0, 0.05) is 43.4 Å². The van der Waals surface area contributed by atoms with Crippen LogP contribution in [0.15, 0.2) is 23.2 Å². The second-order valence-corrected chi connectivity index (χ2v) is 5.73. The largest absolute Gasteiger partial charge is 0.382 e. The fourth-order valence-corrected chi connectivity index (χ4v) is 2.55. The smallest absolute Gasteiger partial charge is 0.190 e. The van der Waals surface area contributed by atoms with Crippen LogP contribution in [0.2, 0.25) is 10.0 Å². The van der Waals surface area contributed by atoms with Crippen LogP contribution in [0, 0.1) is 0 Å². The third-order valence-corrected chi connectivity index (χ3v) is 3.50. The number of unbranched alkanes of at least 4 members (excludes halogenated alkanes) is 1. The van der Waals surface area contributed by atoms with Crippen LogP contribution in [-0.4, -0.2) is 39.3 Å². The minimum Gasteiger partial charge on any atom is -0.382 e. The summed E-state index contributed by atoms with van der Waals surface area (Å²) in [4.78, 5) is 4.20. The normalized spacial score (nSPS) is 11.0. The van der Waals surface area contributed by atoms with Gasteiger partial charge in [-0.15, -0.1) is 24.0 Å². The molecule has 1 aromatic rings. The van der Waals surface area contributed by atoms with Gasteiger partial charge in [-0.3, -0.25) is 4.99 Å². The van der Waals surface area contributed by atoms with E-state index in [9.17, 15) is 0 Å². The van der Waals surface area contributed by atoms with Crippen LogP contribution in [0.25, 0.3) is 0 Å². The lowest BCUT2D eigenvalue weighted by Crippen LogP contribution is -2.38. The van der Waals surface area contributed by atoms with Gasteiger partial charge in [0.1, 0.15) is 0 Å². The number of halogens is 3. The molecular formula is C16H26Cl2IN3O. The van der Waals surface area contributed by atoms with Crippen molar-refractivity contribution >= 4 is 53.1 Å². The van der Waals surface area contributed by atoms with E-state index < -0.39 is 0 Å². The van der Waals surface area contributed by atoms with E-state index in [0.717, 1.165) is 57.1 Å². The van der Waals surface area contributed by atoms with Gasteiger partial charge in [0.2, 0.25) is 0 Å². The molecule has 0 heterocycles. The van der Waals surface area contributed by atoms with E-state index in [-0.39, 0.29) is 24.0 Å². The fraction of sp³-hybridized carbons (Fsp3) is 0.562. The summed E-state index contributed by atoms with van der Waals surface area (Å²) in [7, 11) is 1.77. The third-order valence-electron chi connectivity index (χ3n) is 3.06. The lowest BCUT2D eigenvalue weighted by Gasteiger charge is -2.12. The summed E-state index contributed by atoms with van der Waals surface area (Å²) in [5.41, 5.74) is 1.11. The average molecular weight is 474 g/mol. The van der Waals surface area contributed by atoms with Gasteiger partial charge in [-0.25, -0.2) is 0 Å². The Morgan fingerprint density at radius 2 is 1.74 bits per heavy atom. The van der Waals surface area contributed by atoms with Crippen molar-refractivity contribution in [2.75, 3.05) is 33.4 Å². The van der Waals surface area contributed by atoms with E-state index in [1.165, 1.54) is 0 Å². The molecule has 0 atom stereocenters. The minimum atomic E-state index is 0. The summed E-state index contributed by atoms with van der Waals surface area (Å²) >= 11 is 12.0. The topological polar surface area (TPSA) is 45.6 Å². The van der Waals surface area contributed by atoms with E-state index in [4.69, 9.17) is 27.9 Å². The monoisotopic (exact) mass is 473 g/mol. The second-order valence-electron chi connectivity index (χ2n) is 4.86. The Labute approximate surface area is 166 Å². The molecule has 0 saturated heterocycles. The first-order valence-corrected chi connectivity index (χ1v) is 8.38. The fourth-order valence-electron chi connectivity index (χ4n) is 1.98. The summed E-state index contributed by atoms with van der Waals surface area (Å²) in [5.74, 6) is 0.810.